The van der Waals surface area contributed by atoms with E-state index >= 15 is 0 Å². The van der Waals surface area contributed by atoms with E-state index in [2.05, 4.69) is 5.32 Å². The summed E-state index contributed by atoms with van der Waals surface area (Å²) in [6, 6.07) is 7.00. The molecule has 27 heavy (non-hydrogen) atoms. The number of hydrogen-bond donors (Lipinski definition) is 1. The lowest BCUT2D eigenvalue weighted by Crippen LogP contribution is -2.21. The molecule has 5 heteroatoms. The first kappa shape index (κ1) is 18.2. The molecule has 1 amide bonds. The van der Waals surface area contributed by atoms with E-state index in [-0.39, 0.29) is 18.0 Å². The number of amides is 1. The second-order valence-electron chi connectivity index (χ2n) is 7.46. The Morgan fingerprint density at radius 1 is 0.963 bits per heavy atom. The lowest BCUT2D eigenvalue weighted by molar-refractivity contribution is 0.0211. The molecule has 2 aromatic rings. The highest BCUT2D eigenvalue weighted by atomic mass is 32.1. The molecule has 1 aromatic heterocycles. The zero-order chi connectivity index (χ0) is 18.6. The van der Waals surface area contributed by atoms with Gasteiger partial charge in [-0.05, 0) is 81.2 Å². The van der Waals surface area contributed by atoms with Crippen molar-refractivity contribution in [1.82, 2.24) is 0 Å². The first-order valence-electron chi connectivity index (χ1n) is 9.92. The standard InChI is InChI=1S/C22H25NO3S/c24-21(19-14-27-20-9-5-4-8-18(19)20)23-16-12-10-15(11-13-16)22(25)26-17-6-2-1-3-7-17/h10-14,17H,1-9H2,(H,23,24). The van der Waals surface area contributed by atoms with Crippen LogP contribution in [0.15, 0.2) is 29.6 Å². The summed E-state index contributed by atoms with van der Waals surface area (Å²) < 4.78 is 5.59. The number of carbonyl (C=O) groups excluding carboxylic acids is 2. The van der Waals surface area contributed by atoms with Gasteiger partial charge in [0.05, 0.1) is 11.1 Å². The molecule has 4 rings (SSSR count). The van der Waals surface area contributed by atoms with E-state index in [1.165, 1.54) is 23.3 Å². The number of nitrogens with one attached hydrogen (secondary N) is 1. The minimum atomic E-state index is -0.272. The van der Waals surface area contributed by atoms with Crippen molar-refractivity contribution in [1.29, 1.82) is 0 Å². The van der Waals surface area contributed by atoms with Crippen LogP contribution in [-0.2, 0) is 17.6 Å². The number of fused-ring (bicyclic) bond motifs is 1. The maximum atomic E-state index is 12.6. The zero-order valence-corrected chi connectivity index (χ0v) is 16.3. The largest absolute Gasteiger partial charge is 0.459 e. The Labute approximate surface area is 163 Å². The number of rotatable bonds is 4. The van der Waals surface area contributed by atoms with Crippen LogP contribution in [0.3, 0.4) is 0 Å². The summed E-state index contributed by atoms with van der Waals surface area (Å²) in [5.41, 5.74) is 3.25. The molecule has 0 unspecified atom stereocenters. The van der Waals surface area contributed by atoms with Gasteiger partial charge in [-0.2, -0.15) is 0 Å². The van der Waals surface area contributed by atoms with Crippen LogP contribution in [0.1, 0.15) is 76.1 Å². The van der Waals surface area contributed by atoms with Crippen LogP contribution in [0.2, 0.25) is 0 Å². The van der Waals surface area contributed by atoms with Gasteiger partial charge in [-0.25, -0.2) is 4.79 Å². The Morgan fingerprint density at radius 3 is 2.48 bits per heavy atom. The number of ether oxygens (including phenoxy) is 1. The fraction of sp³-hybridized carbons (Fsp3) is 0.455. The number of anilines is 1. The van der Waals surface area contributed by atoms with Crippen LogP contribution < -0.4 is 5.32 Å². The number of hydrogen-bond acceptors (Lipinski definition) is 4. The van der Waals surface area contributed by atoms with Crippen molar-refractivity contribution >= 4 is 28.9 Å². The number of thiophene rings is 1. The van der Waals surface area contributed by atoms with Crippen LogP contribution in [0.25, 0.3) is 0 Å². The molecule has 2 aliphatic rings. The summed E-state index contributed by atoms with van der Waals surface area (Å²) in [6.07, 6.45) is 9.93. The minimum absolute atomic E-state index is 0.0513. The van der Waals surface area contributed by atoms with Crippen LogP contribution in [0, 0.1) is 0 Å². The fourth-order valence-corrected chi connectivity index (χ4v) is 5.10. The molecule has 0 spiro atoms. The van der Waals surface area contributed by atoms with Gasteiger partial charge in [0.25, 0.3) is 5.91 Å². The summed E-state index contributed by atoms with van der Waals surface area (Å²) in [5.74, 6) is -0.335. The van der Waals surface area contributed by atoms with Gasteiger partial charge < -0.3 is 10.1 Å². The van der Waals surface area contributed by atoms with Gasteiger partial charge in [-0.15, -0.1) is 11.3 Å². The molecule has 0 saturated heterocycles. The lowest BCUT2D eigenvalue weighted by atomic mass is 9.95. The van der Waals surface area contributed by atoms with Gasteiger partial charge in [-0.1, -0.05) is 6.42 Å². The third-order valence-corrected chi connectivity index (χ3v) is 6.60. The Bertz CT molecular complexity index is 819. The molecule has 1 fully saturated rings. The molecule has 0 radical (unpaired) electrons. The van der Waals surface area contributed by atoms with Crippen molar-refractivity contribution < 1.29 is 14.3 Å². The lowest BCUT2D eigenvalue weighted by Gasteiger charge is -2.21. The second kappa shape index (κ2) is 8.26. The quantitative estimate of drug-likeness (QED) is 0.722. The molecule has 1 heterocycles. The van der Waals surface area contributed by atoms with Crippen molar-refractivity contribution in [2.75, 3.05) is 5.32 Å². The van der Waals surface area contributed by atoms with E-state index in [1.54, 1.807) is 35.6 Å². The number of aryl methyl sites for hydroxylation is 1. The van der Waals surface area contributed by atoms with Gasteiger partial charge in [0, 0.05) is 15.9 Å². The summed E-state index contributed by atoms with van der Waals surface area (Å²) in [4.78, 5) is 26.3. The van der Waals surface area contributed by atoms with E-state index < -0.39 is 0 Å². The maximum Gasteiger partial charge on any atom is 0.338 e. The van der Waals surface area contributed by atoms with Gasteiger partial charge in [-0.3, -0.25) is 4.79 Å². The maximum absolute atomic E-state index is 12.6. The summed E-state index contributed by atoms with van der Waals surface area (Å²) in [6.45, 7) is 0. The Kier molecular flexibility index (Phi) is 5.58. The minimum Gasteiger partial charge on any atom is -0.459 e. The summed E-state index contributed by atoms with van der Waals surface area (Å²) in [5, 5.41) is 4.93. The average molecular weight is 384 g/mol. The van der Waals surface area contributed by atoms with Crippen molar-refractivity contribution in [3.63, 3.8) is 0 Å². The monoisotopic (exact) mass is 383 g/mol. The number of esters is 1. The highest BCUT2D eigenvalue weighted by Crippen LogP contribution is 2.30. The van der Waals surface area contributed by atoms with E-state index in [0.717, 1.165) is 50.5 Å². The van der Waals surface area contributed by atoms with E-state index in [0.29, 0.717) is 11.3 Å². The van der Waals surface area contributed by atoms with Crippen LogP contribution in [-0.4, -0.2) is 18.0 Å². The van der Waals surface area contributed by atoms with Crippen molar-refractivity contribution in [2.24, 2.45) is 0 Å². The van der Waals surface area contributed by atoms with Crippen molar-refractivity contribution in [2.45, 2.75) is 63.9 Å². The molecule has 2 aliphatic carbocycles. The number of benzene rings is 1. The van der Waals surface area contributed by atoms with Crippen LogP contribution in [0.5, 0.6) is 0 Å². The van der Waals surface area contributed by atoms with Gasteiger partial charge in [0.1, 0.15) is 6.10 Å². The highest BCUT2D eigenvalue weighted by Gasteiger charge is 2.21. The van der Waals surface area contributed by atoms with E-state index in [9.17, 15) is 9.59 Å². The summed E-state index contributed by atoms with van der Waals surface area (Å²) >= 11 is 1.69. The second-order valence-corrected chi connectivity index (χ2v) is 8.42. The fourth-order valence-electron chi connectivity index (χ4n) is 3.97. The van der Waals surface area contributed by atoms with Gasteiger partial charge in [0.2, 0.25) is 0 Å². The number of carbonyl (C=O) groups is 2. The summed E-state index contributed by atoms with van der Waals surface area (Å²) in [7, 11) is 0. The third-order valence-electron chi connectivity index (χ3n) is 5.51. The molecular formula is C22H25NO3S. The Hall–Kier alpha value is -2.14. The van der Waals surface area contributed by atoms with Crippen LogP contribution >= 0.6 is 11.3 Å². The predicted octanol–water partition coefficient (Wildman–Crippen LogP) is 5.37. The molecular weight excluding hydrogens is 358 g/mol. The Morgan fingerprint density at radius 2 is 1.70 bits per heavy atom. The molecule has 142 valence electrons. The van der Waals surface area contributed by atoms with Crippen LogP contribution in [0.4, 0.5) is 5.69 Å². The van der Waals surface area contributed by atoms with Gasteiger partial charge >= 0.3 is 5.97 Å². The molecule has 4 nitrogen and oxygen atoms in total. The topological polar surface area (TPSA) is 55.4 Å². The molecule has 1 aromatic carbocycles. The highest BCUT2D eigenvalue weighted by molar-refractivity contribution is 7.10. The molecule has 0 aliphatic heterocycles. The van der Waals surface area contributed by atoms with E-state index in [4.69, 9.17) is 4.74 Å². The molecule has 0 bridgehead atoms. The third kappa shape index (κ3) is 4.24. The molecule has 0 atom stereocenters. The van der Waals surface area contributed by atoms with Crippen molar-refractivity contribution in [3.05, 3.63) is 51.2 Å². The first-order chi connectivity index (χ1) is 13.2. The molecule has 1 N–H and O–H groups in total. The SMILES string of the molecule is O=C(OC1CCCCC1)c1ccc(NC(=O)c2csc3c2CCCC3)cc1. The average Bonchev–Trinajstić information content (AvgIpc) is 3.13. The van der Waals surface area contributed by atoms with Gasteiger partial charge in [0.15, 0.2) is 0 Å². The first-order valence-corrected chi connectivity index (χ1v) is 10.8. The normalized spacial score (nSPS) is 17.2. The zero-order valence-electron chi connectivity index (χ0n) is 15.5. The van der Waals surface area contributed by atoms with E-state index in [1.807, 2.05) is 5.38 Å². The predicted molar refractivity (Wildman–Crippen MR) is 108 cm³/mol. The molecule has 1 saturated carbocycles. The smallest absolute Gasteiger partial charge is 0.338 e. The van der Waals surface area contributed by atoms with Crippen molar-refractivity contribution in [3.8, 4) is 0 Å². The Balaban J connectivity index is 1.38.